The van der Waals surface area contributed by atoms with E-state index in [9.17, 15) is 18.0 Å². The van der Waals surface area contributed by atoms with E-state index in [-0.39, 0.29) is 0 Å². The number of anilines is 1. The summed E-state index contributed by atoms with van der Waals surface area (Å²) in [5.41, 5.74) is 4.31. The molecule has 1 N–H and O–H groups in total. The van der Waals surface area contributed by atoms with E-state index in [1.54, 1.807) is 39.6 Å². The van der Waals surface area contributed by atoms with Crippen molar-refractivity contribution in [2.45, 2.75) is 90.2 Å². The fourth-order valence-corrected chi connectivity index (χ4v) is 6.45. The highest BCUT2D eigenvalue weighted by molar-refractivity contribution is 7.92. The minimum absolute atomic E-state index is 0.477. The molecule has 0 saturated carbocycles. The Hall–Kier alpha value is -2.55. The third kappa shape index (κ3) is 5.34. The van der Waals surface area contributed by atoms with Crippen molar-refractivity contribution < 1.29 is 22.7 Å². The van der Waals surface area contributed by atoms with Gasteiger partial charge in [0, 0.05) is 19.0 Å². The van der Waals surface area contributed by atoms with Crippen LogP contribution in [0.2, 0.25) is 0 Å². The summed E-state index contributed by atoms with van der Waals surface area (Å²) < 4.78 is 33.4. The summed E-state index contributed by atoms with van der Waals surface area (Å²) in [5.74, 6) is 0. The molecule has 192 valence electrons. The van der Waals surface area contributed by atoms with Gasteiger partial charge >= 0.3 is 12.1 Å². The molecule has 1 atom stereocenters. The average Bonchev–Trinajstić information content (AvgIpc) is 3.48. The fourth-order valence-electron chi connectivity index (χ4n) is 5.53. The Labute approximate surface area is 208 Å². The Kier molecular flexibility index (Phi) is 6.68. The molecule has 4 rings (SSSR count). The summed E-state index contributed by atoms with van der Waals surface area (Å²) in [6.45, 7) is 7.67. The summed E-state index contributed by atoms with van der Waals surface area (Å²) in [6, 6.07) is 1.60. The molecule has 0 spiro atoms. The molecule has 1 aromatic carbocycles. The van der Waals surface area contributed by atoms with Gasteiger partial charge in [-0.3, -0.25) is 9.80 Å². The smallest absolute Gasteiger partial charge is 0.410 e. The molecular weight excluding hydrogens is 466 g/mol. The SMILES string of the molecule is CN(C(=O)NS(=O)(=O)/C=C/[C@@]1(C)CCCN1C(=O)OC(C)(C)C)c1c2c(cc3c1CCC3)CCC2. The maximum absolute atomic E-state index is 13.1. The first-order chi connectivity index (χ1) is 16.3. The van der Waals surface area contributed by atoms with E-state index < -0.39 is 33.3 Å². The van der Waals surface area contributed by atoms with Gasteiger partial charge < -0.3 is 4.74 Å². The van der Waals surface area contributed by atoms with Crippen molar-refractivity contribution in [1.29, 1.82) is 0 Å². The second-order valence-corrected chi connectivity index (χ2v) is 12.7. The molecule has 1 saturated heterocycles. The number of nitrogens with zero attached hydrogens (tertiary/aromatic N) is 2. The molecule has 1 aromatic rings. The quantitative estimate of drug-likeness (QED) is 0.655. The molecule has 1 fully saturated rings. The zero-order chi connectivity index (χ0) is 25.6. The van der Waals surface area contributed by atoms with Crippen LogP contribution >= 0.6 is 0 Å². The maximum atomic E-state index is 13.1. The first-order valence-electron chi connectivity index (χ1n) is 12.5. The van der Waals surface area contributed by atoms with E-state index in [0.717, 1.165) is 56.0 Å². The van der Waals surface area contributed by atoms with Crippen molar-refractivity contribution in [3.63, 3.8) is 0 Å². The Bertz CT molecular complexity index is 1140. The summed E-state index contributed by atoms with van der Waals surface area (Å²) in [7, 11) is -2.43. The van der Waals surface area contributed by atoms with E-state index in [2.05, 4.69) is 10.8 Å². The zero-order valence-corrected chi connectivity index (χ0v) is 22.3. The second-order valence-electron chi connectivity index (χ2n) is 11.1. The highest BCUT2D eigenvalue weighted by Gasteiger charge is 2.40. The minimum atomic E-state index is -4.07. The number of benzene rings is 1. The lowest BCUT2D eigenvalue weighted by atomic mass is 9.98. The van der Waals surface area contributed by atoms with Gasteiger partial charge in [0.2, 0.25) is 0 Å². The van der Waals surface area contributed by atoms with Crippen molar-refractivity contribution in [1.82, 2.24) is 9.62 Å². The van der Waals surface area contributed by atoms with Gasteiger partial charge in [0.05, 0.1) is 11.2 Å². The standard InChI is InChI=1S/C26H37N3O5S/c1-25(2,3)34-24(31)29-15-8-13-26(29,4)14-16-35(32,33)27-23(30)28(5)22-20-11-6-9-18(20)17-19-10-7-12-21(19)22/h14,16-17H,6-13,15H2,1-5H3,(H,27,30)/b16-14+/t26-/m1/s1. The molecule has 0 bridgehead atoms. The molecule has 8 nitrogen and oxygen atoms in total. The fraction of sp³-hybridized carbons (Fsp3) is 0.615. The van der Waals surface area contributed by atoms with Crippen LogP contribution in [0, 0.1) is 0 Å². The topological polar surface area (TPSA) is 96.0 Å². The maximum Gasteiger partial charge on any atom is 0.410 e. The average molecular weight is 504 g/mol. The molecule has 0 unspecified atom stereocenters. The second kappa shape index (κ2) is 9.15. The number of fused-ring (bicyclic) bond motifs is 2. The number of rotatable bonds is 4. The summed E-state index contributed by atoms with van der Waals surface area (Å²) in [4.78, 5) is 28.7. The van der Waals surface area contributed by atoms with Crippen LogP contribution in [0.3, 0.4) is 0 Å². The molecule has 1 heterocycles. The molecule has 9 heteroatoms. The first kappa shape index (κ1) is 25.5. The van der Waals surface area contributed by atoms with Gasteiger partial charge in [0.25, 0.3) is 10.0 Å². The third-order valence-corrected chi connectivity index (χ3v) is 8.17. The number of aryl methyl sites for hydroxylation is 2. The van der Waals surface area contributed by atoms with Gasteiger partial charge in [-0.1, -0.05) is 6.07 Å². The van der Waals surface area contributed by atoms with Crippen molar-refractivity contribution >= 4 is 27.8 Å². The highest BCUT2D eigenvalue weighted by atomic mass is 32.2. The van der Waals surface area contributed by atoms with Gasteiger partial charge in [0.1, 0.15) is 5.60 Å². The van der Waals surface area contributed by atoms with Gasteiger partial charge in [-0.2, -0.15) is 0 Å². The third-order valence-electron chi connectivity index (χ3n) is 7.21. The number of hydrogen-bond acceptors (Lipinski definition) is 5. The number of sulfonamides is 1. The predicted octanol–water partition coefficient (Wildman–Crippen LogP) is 4.44. The Morgan fingerprint density at radius 3 is 2.26 bits per heavy atom. The number of amides is 3. The number of ether oxygens (including phenoxy) is 1. The van der Waals surface area contributed by atoms with Crippen molar-refractivity contribution in [3.8, 4) is 0 Å². The summed E-state index contributed by atoms with van der Waals surface area (Å²) in [5, 5.41) is 1.00. The molecule has 2 aliphatic carbocycles. The van der Waals surface area contributed by atoms with Crippen LogP contribution in [-0.2, 0) is 40.4 Å². The van der Waals surface area contributed by atoms with Gasteiger partial charge in [0.15, 0.2) is 0 Å². The van der Waals surface area contributed by atoms with Crippen LogP contribution < -0.4 is 9.62 Å². The molecular formula is C26H37N3O5S. The summed E-state index contributed by atoms with van der Waals surface area (Å²) in [6.07, 6.45) is 8.25. The Morgan fingerprint density at radius 2 is 1.69 bits per heavy atom. The number of carbonyl (C=O) groups is 2. The van der Waals surface area contributed by atoms with Crippen LogP contribution in [0.5, 0.6) is 0 Å². The predicted molar refractivity (Wildman–Crippen MR) is 136 cm³/mol. The molecule has 0 radical (unpaired) electrons. The zero-order valence-electron chi connectivity index (χ0n) is 21.4. The summed E-state index contributed by atoms with van der Waals surface area (Å²) >= 11 is 0. The first-order valence-corrected chi connectivity index (χ1v) is 14.0. The van der Waals surface area contributed by atoms with Gasteiger partial charge in [-0.15, -0.1) is 0 Å². The normalized spacial score (nSPS) is 21.8. The van der Waals surface area contributed by atoms with Crippen LogP contribution in [0.15, 0.2) is 17.6 Å². The van der Waals surface area contributed by atoms with E-state index >= 15 is 0 Å². The van der Waals surface area contributed by atoms with E-state index in [0.29, 0.717) is 13.0 Å². The molecule has 0 aromatic heterocycles. The number of urea groups is 1. The van der Waals surface area contributed by atoms with Crippen LogP contribution in [-0.4, -0.2) is 50.2 Å². The largest absolute Gasteiger partial charge is 0.444 e. The van der Waals surface area contributed by atoms with Gasteiger partial charge in [-0.05, 0) is 107 Å². The van der Waals surface area contributed by atoms with Crippen molar-refractivity contribution in [2.75, 3.05) is 18.5 Å². The monoisotopic (exact) mass is 503 g/mol. The van der Waals surface area contributed by atoms with Crippen LogP contribution in [0.1, 0.15) is 75.6 Å². The highest BCUT2D eigenvalue weighted by Crippen LogP contribution is 2.40. The number of nitrogens with one attached hydrogen (secondary N) is 1. The number of hydrogen-bond donors (Lipinski definition) is 1. The van der Waals surface area contributed by atoms with E-state index in [1.165, 1.54) is 33.2 Å². The van der Waals surface area contributed by atoms with Crippen molar-refractivity contribution in [3.05, 3.63) is 39.8 Å². The number of carbonyl (C=O) groups excluding carboxylic acids is 2. The van der Waals surface area contributed by atoms with Crippen molar-refractivity contribution in [2.24, 2.45) is 0 Å². The lowest BCUT2D eigenvalue weighted by Gasteiger charge is -2.34. The molecule has 1 aliphatic heterocycles. The van der Waals surface area contributed by atoms with Crippen LogP contribution in [0.25, 0.3) is 0 Å². The minimum Gasteiger partial charge on any atom is -0.444 e. The molecule has 35 heavy (non-hydrogen) atoms. The Balaban J connectivity index is 1.50. The Morgan fingerprint density at radius 1 is 1.09 bits per heavy atom. The number of likely N-dealkylation sites (tertiary alicyclic amines) is 1. The van der Waals surface area contributed by atoms with Crippen LogP contribution in [0.4, 0.5) is 15.3 Å². The van der Waals surface area contributed by atoms with E-state index in [4.69, 9.17) is 4.74 Å². The van der Waals surface area contributed by atoms with Gasteiger partial charge in [-0.25, -0.2) is 22.7 Å². The van der Waals surface area contributed by atoms with E-state index in [1.807, 2.05) is 0 Å². The molecule has 3 amide bonds. The molecule has 3 aliphatic rings. The lowest BCUT2D eigenvalue weighted by molar-refractivity contribution is 0.0169. The lowest BCUT2D eigenvalue weighted by Crippen LogP contribution is -2.46.